The van der Waals surface area contributed by atoms with Crippen LogP contribution in [-0.4, -0.2) is 47.2 Å². The monoisotopic (exact) mass is 707 g/mol. The maximum Gasteiger partial charge on any atom is 0.338 e. The number of anilines is 2. The van der Waals surface area contributed by atoms with Crippen molar-refractivity contribution >= 4 is 74.1 Å². The van der Waals surface area contributed by atoms with E-state index in [1.165, 1.54) is 16.7 Å². The van der Waals surface area contributed by atoms with Crippen LogP contribution in [0.5, 0.6) is 5.75 Å². The van der Waals surface area contributed by atoms with Crippen LogP contribution in [0.4, 0.5) is 11.4 Å². The van der Waals surface area contributed by atoms with E-state index < -0.39 is 40.8 Å². The maximum atomic E-state index is 14.1. The number of aromatic nitrogens is 1. The minimum Gasteiger partial charge on any atom is -0.497 e. The molecule has 1 aromatic heterocycles. The van der Waals surface area contributed by atoms with Crippen LogP contribution >= 0.6 is 39.0 Å². The van der Waals surface area contributed by atoms with Gasteiger partial charge in [-0.2, -0.15) is 0 Å². The molecule has 2 aliphatic rings. The Morgan fingerprint density at radius 3 is 2.38 bits per heavy atom. The molecule has 10 nitrogen and oxygen atoms in total. The zero-order chi connectivity index (χ0) is 31.8. The lowest BCUT2D eigenvalue weighted by molar-refractivity contribution is -0.122. The third-order valence-corrected chi connectivity index (χ3v) is 10.7. The van der Waals surface area contributed by atoms with Crippen molar-refractivity contribution in [1.29, 1.82) is 0 Å². The molecule has 1 N–H and O–H groups in total. The Hall–Kier alpha value is -4.20. The number of rotatable bonds is 8. The van der Waals surface area contributed by atoms with Crippen LogP contribution in [0.25, 0.3) is 0 Å². The van der Waals surface area contributed by atoms with E-state index in [2.05, 4.69) is 21.2 Å². The summed E-state index contributed by atoms with van der Waals surface area (Å²) < 4.78 is 12.4. The van der Waals surface area contributed by atoms with Crippen molar-refractivity contribution in [1.82, 2.24) is 4.57 Å². The van der Waals surface area contributed by atoms with Crippen LogP contribution < -0.4 is 19.8 Å². The first-order chi connectivity index (χ1) is 21.7. The number of nitrogens with zero attached hydrogens (tertiary/aromatic N) is 2. The molecule has 3 amide bonds. The summed E-state index contributed by atoms with van der Waals surface area (Å²) in [6.07, 6.45) is 0. The molecule has 3 heterocycles. The third kappa shape index (κ3) is 5.83. The van der Waals surface area contributed by atoms with Crippen molar-refractivity contribution in [3.63, 3.8) is 0 Å². The van der Waals surface area contributed by atoms with E-state index in [1.54, 1.807) is 50.4 Å². The summed E-state index contributed by atoms with van der Waals surface area (Å²) in [4.78, 5) is 68.1. The van der Waals surface area contributed by atoms with E-state index in [0.29, 0.717) is 32.6 Å². The second-order valence-corrected chi connectivity index (χ2v) is 13.3. The highest BCUT2D eigenvalue weighted by Gasteiger charge is 2.56. The highest BCUT2D eigenvalue weighted by Crippen LogP contribution is 2.54. The number of thiazole rings is 1. The summed E-state index contributed by atoms with van der Waals surface area (Å²) in [5.74, 6) is -2.51. The molecule has 6 rings (SSSR count). The van der Waals surface area contributed by atoms with Gasteiger partial charge in [-0.25, -0.2) is 9.69 Å². The van der Waals surface area contributed by atoms with Crippen LogP contribution in [0.15, 0.2) is 87.1 Å². The van der Waals surface area contributed by atoms with Gasteiger partial charge in [-0.1, -0.05) is 51.2 Å². The molecule has 3 atom stereocenters. The van der Waals surface area contributed by atoms with Gasteiger partial charge in [0.1, 0.15) is 17.5 Å². The number of fused-ring (bicyclic) bond motifs is 2. The van der Waals surface area contributed by atoms with Crippen LogP contribution in [0.3, 0.4) is 0 Å². The fraction of sp³-hybridized carbons (Fsp3) is 0.219. The number of hydrogen-bond acceptors (Lipinski definition) is 9. The maximum absolute atomic E-state index is 14.1. The molecule has 4 aromatic rings. The highest BCUT2D eigenvalue weighted by atomic mass is 79.9. The Morgan fingerprint density at radius 2 is 1.71 bits per heavy atom. The van der Waals surface area contributed by atoms with Gasteiger partial charge in [0.2, 0.25) is 17.7 Å². The molecule has 2 unspecified atom stereocenters. The number of carbonyl (C=O) groups excluding carboxylic acids is 4. The quantitative estimate of drug-likeness (QED) is 0.194. The Kier molecular flexibility index (Phi) is 8.67. The normalized spacial score (nSPS) is 18.7. The minimum atomic E-state index is -0.844. The fourth-order valence-electron chi connectivity index (χ4n) is 5.55. The topological polar surface area (TPSA) is 124 Å². The third-order valence-electron chi connectivity index (χ3n) is 7.57. The van der Waals surface area contributed by atoms with Crippen molar-refractivity contribution in [2.45, 2.75) is 29.7 Å². The van der Waals surface area contributed by atoms with Crippen molar-refractivity contribution in [3.8, 4) is 5.75 Å². The summed E-state index contributed by atoms with van der Waals surface area (Å²) in [7, 11) is 1.55. The van der Waals surface area contributed by atoms with Crippen LogP contribution in [0.2, 0.25) is 0 Å². The molecule has 0 saturated carbocycles. The number of halogens is 1. The second-order valence-electron chi connectivity index (χ2n) is 10.3. The molecule has 1 fully saturated rings. The Labute approximate surface area is 274 Å². The summed E-state index contributed by atoms with van der Waals surface area (Å²) >= 11 is 5.62. The van der Waals surface area contributed by atoms with Gasteiger partial charge < -0.3 is 14.8 Å². The van der Waals surface area contributed by atoms with Crippen molar-refractivity contribution in [3.05, 3.63) is 103 Å². The van der Waals surface area contributed by atoms with E-state index >= 15 is 0 Å². The summed E-state index contributed by atoms with van der Waals surface area (Å²) in [6.45, 7) is 1.66. The van der Waals surface area contributed by atoms with Gasteiger partial charge in [-0.3, -0.25) is 23.7 Å². The number of hydrogen-bond donors (Lipinski definition) is 1. The number of ether oxygens (including phenoxy) is 2. The molecule has 0 radical (unpaired) electrons. The number of thioether (sulfide) groups is 1. The molecule has 0 spiro atoms. The fourth-order valence-corrected chi connectivity index (χ4v) is 8.74. The average molecular weight is 709 g/mol. The zero-order valence-electron chi connectivity index (χ0n) is 24.0. The molecular formula is C32H26BrN3O7S2. The van der Waals surface area contributed by atoms with E-state index in [-0.39, 0.29) is 18.0 Å². The van der Waals surface area contributed by atoms with Gasteiger partial charge in [0, 0.05) is 21.0 Å². The average Bonchev–Trinajstić information content (AvgIpc) is 3.47. The minimum absolute atomic E-state index is 0.222. The van der Waals surface area contributed by atoms with E-state index in [0.717, 1.165) is 38.0 Å². The molecule has 0 aliphatic carbocycles. The van der Waals surface area contributed by atoms with Crippen molar-refractivity contribution in [2.75, 3.05) is 23.9 Å². The van der Waals surface area contributed by atoms with Gasteiger partial charge >= 0.3 is 10.8 Å². The number of methoxy groups -OCH3 is 1. The number of benzene rings is 3. The molecule has 2 aliphatic heterocycles. The summed E-state index contributed by atoms with van der Waals surface area (Å²) in [6, 6.07) is 20.4. The van der Waals surface area contributed by atoms with Gasteiger partial charge in [0.15, 0.2) is 0 Å². The second kappa shape index (κ2) is 12.7. The smallest absolute Gasteiger partial charge is 0.338 e. The van der Waals surface area contributed by atoms with Gasteiger partial charge in [0.05, 0.1) is 35.9 Å². The zero-order valence-corrected chi connectivity index (χ0v) is 27.2. The number of esters is 1. The van der Waals surface area contributed by atoms with Crippen molar-refractivity contribution in [2.24, 2.45) is 5.92 Å². The molecule has 45 heavy (non-hydrogen) atoms. The highest BCUT2D eigenvalue weighted by molar-refractivity contribution is 9.10. The SMILES string of the molecule is CCOC(=O)c1ccc(N2C(=O)C3Sc4c(sc(=O)n4CC(=O)Nc4ccc(OC)cc4)[C@H](c4cccc(Br)c4)C3C2=O)cc1. The lowest BCUT2D eigenvalue weighted by Gasteiger charge is -2.30. The van der Waals surface area contributed by atoms with Crippen LogP contribution in [0, 0.1) is 5.92 Å². The molecule has 3 aromatic carbocycles. The molecule has 1 saturated heterocycles. The molecule has 0 bridgehead atoms. The number of amides is 3. The number of imide groups is 1. The Balaban J connectivity index is 1.36. The number of nitrogens with one attached hydrogen (secondary N) is 1. The standard InChI is InChI=1S/C32H26BrN3O7S2/c1-3-43-31(40)17-7-11-21(12-8-17)36-28(38)25-24(18-5-4-6-19(33)15-18)27-30(44-26(25)29(36)39)35(32(41)45-27)16-23(37)34-20-9-13-22(42-2)14-10-20/h4-15,24-26H,3,16H2,1-2H3,(H,34,37)/t24-,25?,26?/m1/s1. The molecular weight excluding hydrogens is 682 g/mol. The first kappa shape index (κ1) is 30.8. The first-order valence-corrected chi connectivity index (χ1v) is 16.4. The van der Waals surface area contributed by atoms with Gasteiger partial charge in [0.25, 0.3) is 0 Å². The molecule has 230 valence electrons. The lowest BCUT2D eigenvalue weighted by Crippen LogP contribution is -2.33. The summed E-state index contributed by atoms with van der Waals surface area (Å²) in [5.41, 5.74) is 1.94. The van der Waals surface area contributed by atoms with Crippen LogP contribution in [-0.2, 0) is 25.7 Å². The van der Waals surface area contributed by atoms with Crippen LogP contribution in [0.1, 0.15) is 33.6 Å². The predicted molar refractivity (Wildman–Crippen MR) is 174 cm³/mol. The lowest BCUT2D eigenvalue weighted by atomic mass is 9.83. The van der Waals surface area contributed by atoms with E-state index in [1.807, 2.05) is 24.3 Å². The van der Waals surface area contributed by atoms with E-state index in [9.17, 15) is 24.0 Å². The molecule has 13 heteroatoms. The van der Waals surface area contributed by atoms with E-state index in [4.69, 9.17) is 9.47 Å². The largest absolute Gasteiger partial charge is 0.497 e. The predicted octanol–water partition coefficient (Wildman–Crippen LogP) is 5.29. The van der Waals surface area contributed by atoms with Gasteiger partial charge in [-0.05, 0) is 73.2 Å². The first-order valence-electron chi connectivity index (χ1n) is 13.9. The Morgan fingerprint density at radius 1 is 0.978 bits per heavy atom. The van der Waals surface area contributed by atoms with Crippen molar-refractivity contribution < 1.29 is 28.7 Å². The summed E-state index contributed by atoms with van der Waals surface area (Å²) in [5, 5.41) is 2.44. The Bertz CT molecular complexity index is 1870. The number of carbonyl (C=O) groups is 4. The van der Waals surface area contributed by atoms with Gasteiger partial charge in [-0.15, -0.1) is 0 Å².